The van der Waals surface area contributed by atoms with Crippen molar-refractivity contribution in [1.82, 2.24) is 25.1 Å². The number of anilines is 3. The number of nitrogens with zero attached hydrogens (tertiary/aromatic N) is 5. The normalized spacial score (nSPS) is 21.0. The van der Waals surface area contributed by atoms with Crippen molar-refractivity contribution in [2.45, 2.75) is 43.5 Å². The van der Waals surface area contributed by atoms with Crippen LogP contribution in [0.25, 0.3) is 22.4 Å². The number of amides is 3. The summed E-state index contributed by atoms with van der Waals surface area (Å²) in [4.78, 5) is 39.1. The molecule has 49 heavy (non-hydrogen) atoms. The summed E-state index contributed by atoms with van der Waals surface area (Å²) in [6, 6.07) is 15.1. The zero-order valence-corrected chi connectivity index (χ0v) is 28.8. The van der Waals surface area contributed by atoms with Gasteiger partial charge < -0.3 is 20.5 Å². The standard InChI is InChI=1S/C36H35Cl2N7O4/c1-43-25-13-15-39-32(29(25)34(47)44(2)35(43)48)40-23-9-5-7-21(31(23)38)20-6-4-8-22(30(20)37)24-16-19-10-11-26(28(19)33(41-24)49-3)45-17-36(18-45)14-12-27(46)42-36/h4-9,13,15-16,26,34,47H,10-12,14,17-18H2,1-3H3,(H,39,40)(H,42,46). The van der Waals surface area contributed by atoms with Crippen LogP contribution in [0.5, 0.6) is 5.88 Å². The Hall–Kier alpha value is -4.42. The number of aliphatic hydroxyl groups is 1. The Bertz CT molecular complexity index is 2040. The first-order chi connectivity index (χ1) is 23.6. The van der Waals surface area contributed by atoms with Crippen molar-refractivity contribution < 1.29 is 19.4 Å². The third-order valence-corrected chi connectivity index (χ3v) is 11.2. The molecule has 3 amide bonds. The Labute approximate surface area is 293 Å². The minimum Gasteiger partial charge on any atom is -0.481 e. The third-order valence-electron chi connectivity index (χ3n) is 10.4. The number of urea groups is 1. The maximum Gasteiger partial charge on any atom is 0.326 e. The van der Waals surface area contributed by atoms with Gasteiger partial charge in [-0.15, -0.1) is 0 Å². The van der Waals surface area contributed by atoms with Crippen LogP contribution in [0, 0.1) is 0 Å². The first-order valence-electron chi connectivity index (χ1n) is 16.2. The van der Waals surface area contributed by atoms with Gasteiger partial charge >= 0.3 is 6.03 Å². The minimum atomic E-state index is -1.19. The Kier molecular flexibility index (Phi) is 7.71. The summed E-state index contributed by atoms with van der Waals surface area (Å²) in [5, 5.41) is 18.4. The van der Waals surface area contributed by atoms with Gasteiger partial charge in [-0.25, -0.2) is 14.8 Å². The summed E-state index contributed by atoms with van der Waals surface area (Å²) < 4.78 is 5.89. The molecule has 0 radical (unpaired) electrons. The average Bonchev–Trinajstić information content (AvgIpc) is 3.70. The zero-order chi connectivity index (χ0) is 34.2. The summed E-state index contributed by atoms with van der Waals surface area (Å²) in [6.45, 7) is 1.68. The molecule has 2 aromatic carbocycles. The first-order valence-corrected chi connectivity index (χ1v) is 17.0. The fraction of sp³-hybridized carbons (Fsp3) is 0.333. The first kappa shape index (κ1) is 31.8. The number of methoxy groups -OCH3 is 1. The molecule has 8 rings (SSSR count). The lowest BCUT2D eigenvalue weighted by molar-refractivity contribution is -0.121. The quantitative estimate of drug-likeness (QED) is 0.214. The molecule has 0 bridgehead atoms. The number of halogens is 2. The van der Waals surface area contributed by atoms with Crippen molar-refractivity contribution in [3.8, 4) is 28.3 Å². The lowest BCUT2D eigenvalue weighted by Gasteiger charge is -2.50. The lowest BCUT2D eigenvalue weighted by atomic mass is 9.86. The molecule has 4 aromatic rings. The topological polar surface area (TPSA) is 123 Å². The summed E-state index contributed by atoms with van der Waals surface area (Å²) in [5.41, 5.74) is 6.69. The van der Waals surface area contributed by atoms with Crippen LogP contribution in [0.2, 0.25) is 10.0 Å². The average molecular weight is 701 g/mol. The number of carbonyl (C=O) groups excluding carboxylic acids is 2. The van der Waals surface area contributed by atoms with Gasteiger partial charge in [-0.05, 0) is 43.0 Å². The van der Waals surface area contributed by atoms with Gasteiger partial charge in [0, 0.05) is 68.1 Å². The zero-order valence-electron chi connectivity index (χ0n) is 27.3. The fourth-order valence-electron chi connectivity index (χ4n) is 7.85. The number of hydrogen-bond acceptors (Lipinski definition) is 8. The summed E-state index contributed by atoms with van der Waals surface area (Å²) in [7, 11) is 4.84. The van der Waals surface area contributed by atoms with Crippen LogP contribution in [0.4, 0.5) is 22.0 Å². The third kappa shape index (κ3) is 5.10. The highest BCUT2D eigenvalue weighted by Gasteiger charge is 2.51. The van der Waals surface area contributed by atoms with E-state index in [1.807, 2.05) is 36.4 Å². The molecule has 11 nitrogen and oxygen atoms in total. The van der Waals surface area contributed by atoms with Crippen molar-refractivity contribution in [2.75, 3.05) is 44.5 Å². The lowest BCUT2D eigenvalue weighted by Crippen LogP contribution is -2.67. The molecule has 2 fully saturated rings. The number of hydrogen-bond donors (Lipinski definition) is 3. The molecule has 0 saturated carbocycles. The predicted molar refractivity (Wildman–Crippen MR) is 188 cm³/mol. The van der Waals surface area contributed by atoms with Gasteiger partial charge in [-0.1, -0.05) is 53.5 Å². The number of pyridine rings is 2. The molecular formula is C36H35Cl2N7O4. The second kappa shape index (κ2) is 11.9. The van der Waals surface area contributed by atoms with E-state index in [4.69, 9.17) is 32.9 Å². The molecule has 1 aliphatic carbocycles. The van der Waals surface area contributed by atoms with E-state index >= 15 is 0 Å². The maximum absolute atomic E-state index is 12.6. The largest absolute Gasteiger partial charge is 0.481 e. The molecule has 3 aliphatic heterocycles. The SMILES string of the molecule is COc1nc(-c2cccc(-c3cccc(Nc4nccc5c4C(O)N(C)C(=O)N5C)c3Cl)c2Cl)cc2c1C(N1CC3(CCC(=O)N3)C1)CC2. The van der Waals surface area contributed by atoms with Crippen LogP contribution in [0.1, 0.15) is 48.2 Å². The second-order valence-electron chi connectivity index (χ2n) is 13.3. The number of fused-ring (bicyclic) bond motifs is 2. The van der Waals surface area contributed by atoms with E-state index in [0.29, 0.717) is 56.4 Å². The van der Waals surface area contributed by atoms with Crippen molar-refractivity contribution >= 4 is 52.3 Å². The Morgan fingerprint density at radius 1 is 1.00 bits per heavy atom. The van der Waals surface area contributed by atoms with E-state index in [1.165, 1.54) is 22.4 Å². The van der Waals surface area contributed by atoms with E-state index in [0.717, 1.165) is 49.0 Å². The van der Waals surface area contributed by atoms with E-state index < -0.39 is 6.23 Å². The van der Waals surface area contributed by atoms with E-state index in [2.05, 4.69) is 26.6 Å². The van der Waals surface area contributed by atoms with Crippen LogP contribution in [-0.2, 0) is 11.2 Å². The molecule has 252 valence electrons. The van der Waals surface area contributed by atoms with Crippen molar-refractivity contribution in [2.24, 2.45) is 0 Å². The molecule has 3 N–H and O–H groups in total. The number of aliphatic hydroxyl groups excluding tert-OH is 1. The van der Waals surface area contributed by atoms with Gasteiger partial charge in [-0.2, -0.15) is 0 Å². The van der Waals surface area contributed by atoms with Gasteiger partial charge in [0.05, 0.1) is 45.3 Å². The van der Waals surface area contributed by atoms with Crippen molar-refractivity contribution in [3.05, 3.63) is 81.5 Å². The number of nitrogens with one attached hydrogen (secondary N) is 2. The van der Waals surface area contributed by atoms with Gasteiger partial charge in [-0.3, -0.25) is 19.5 Å². The van der Waals surface area contributed by atoms with E-state index in [9.17, 15) is 14.7 Å². The number of aryl methyl sites for hydroxylation is 1. The highest BCUT2D eigenvalue weighted by molar-refractivity contribution is 6.39. The van der Waals surface area contributed by atoms with Crippen molar-refractivity contribution in [3.63, 3.8) is 0 Å². The van der Waals surface area contributed by atoms with Gasteiger partial charge in [0.2, 0.25) is 11.8 Å². The minimum absolute atomic E-state index is 0.0887. The molecule has 2 atom stereocenters. The smallest absolute Gasteiger partial charge is 0.326 e. The van der Waals surface area contributed by atoms with Crippen LogP contribution in [0.15, 0.2) is 54.7 Å². The molecule has 2 unspecified atom stereocenters. The molecule has 1 spiro atoms. The van der Waals surface area contributed by atoms with Gasteiger partial charge in [0.25, 0.3) is 0 Å². The van der Waals surface area contributed by atoms with Crippen LogP contribution in [0.3, 0.4) is 0 Å². The van der Waals surface area contributed by atoms with Crippen LogP contribution in [-0.4, -0.2) is 76.6 Å². The second-order valence-corrected chi connectivity index (χ2v) is 14.0. The van der Waals surface area contributed by atoms with Gasteiger partial charge in [0.15, 0.2) is 6.23 Å². The molecule has 5 heterocycles. The Balaban J connectivity index is 1.10. The highest BCUT2D eigenvalue weighted by Crippen LogP contribution is 2.48. The molecular weight excluding hydrogens is 665 g/mol. The molecule has 4 aliphatic rings. The maximum atomic E-state index is 12.6. The fourth-order valence-corrected chi connectivity index (χ4v) is 8.45. The molecule has 2 saturated heterocycles. The number of ether oxygens (including phenoxy) is 1. The van der Waals surface area contributed by atoms with E-state index in [1.54, 1.807) is 26.4 Å². The summed E-state index contributed by atoms with van der Waals surface area (Å²) >= 11 is 14.2. The predicted octanol–water partition coefficient (Wildman–Crippen LogP) is 6.31. The number of aromatic nitrogens is 2. The Morgan fingerprint density at radius 2 is 1.73 bits per heavy atom. The highest BCUT2D eigenvalue weighted by atomic mass is 35.5. The summed E-state index contributed by atoms with van der Waals surface area (Å²) in [6.07, 6.45) is 3.74. The number of benzene rings is 2. The van der Waals surface area contributed by atoms with E-state index in [-0.39, 0.29) is 23.5 Å². The van der Waals surface area contributed by atoms with Crippen molar-refractivity contribution in [1.29, 1.82) is 0 Å². The van der Waals surface area contributed by atoms with Crippen LogP contribution >= 0.6 is 23.2 Å². The number of carbonyl (C=O) groups is 2. The monoisotopic (exact) mass is 699 g/mol. The molecule has 13 heteroatoms. The number of rotatable bonds is 6. The summed E-state index contributed by atoms with van der Waals surface area (Å²) in [5.74, 6) is 1.12. The molecule has 2 aromatic heterocycles. The van der Waals surface area contributed by atoms with Gasteiger partial charge in [0.1, 0.15) is 5.82 Å². The number of likely N-dealkylation sites (tertiary alicyclic amines) is 1. The Morgan fingerprint density at radius 3 is 2.47 bits per heavy atom. The van der Waals surface area contributed by atoms with Crippen LogP contribution < -0.4 is 20.3 Å².